The zero-order chi connectivity index (χ0) is 22.2. The lowest BCUT2D eigenvalue weighted by Crippen LogP contribution is -2.42. The number of amides is 2. The number of aryl methyl sites for hydroxylation is 2. The van der Waals surface area contributed by atoms with Gasteiger partial charge in [0.1, 0.15) is 5.82 Å². The van der Waals surface area contributed by atoms with Gasteiger partial charge in [0.05, 0.1) is 11.6 Å². The largest absolute Gasteiger partial charge is 0.381 e. The Hall–Kier alpha value is -3.27. The third kappa shape index (κ3) is 3.75. The number of nitrogens with zero attached hydrogens (tertiary/aromatic N) is 5. The highest BCUT2D eigenvalue weighted by Gasteiger charge is 2.41. The monoisotopic (exact) mass is 437 g/mol. The maximum atomic E-state index is 13.7. The number of rotatable bonds is 4. The molecule has 0 saturated carbocycles. The number of hydrogen-bond acceptors (Lipinski definition) is 6. The van der Waals surface area contributed by atoms with Crippen LogP contribution in [-0.2, 0) is 16.6 Å². The number of aromatic nitrogens is 5. The van der Waals surface area contributed by atoms with E-state index in [0.717, 1.165) is 23.7 Å². The van der Waals surface area contributed by atoms with E-state index in [4.69, 9.17) is 4.74 Å². The van der Waals surface area contributed by atoms with Gasteiger partial charge in [-0.1, -0.05) is 18.2 Å². The maximum absolute atomic E-state index is 13.7. The Bertz CT molecular complexity index is 1150. The van der Waals surface area contributed by atoms with Crippen LogP contribution < -0.4 is 5.32 Å². The molecule has 2 aliphatic rings. The second-order valence-corrected chi connectivity index (χ2v) is 8.57. The lowest BCUT2D eigenvalue weighted by molar-refractivity contribution is -0.128. The predicted molar refractivity (Wildman–Crippen MR) is 116 cm³/mol. The van der Waals surface area contributed by atoms with Gasteiger partial charge in [0, 0.05) is 44.2 Å². The van der Waals surface area contributed by atoms with E-state index in [1.807, 2.05) is 38.2 Å². The van der Waals surface area contributed by atoms with Gasteiger partial charge >= 0.3 is 0 Å². The quantitative estimate of drug-likeness (QED) is 0.639. The minimum absolute atomic E-state index is 0.0285. The number of aromatic amines is 1. The van der Waals surface area contributed by atoms with Crippen LogP contribution in [-0.4, -0.2) is 67.5 Å². The molecule has 2 amide bonds. The number of carbonyl (C=O) groups excluding carboxylic acids is 2. The molecule has 2 aromatic heterocycles. The van der Waals surface area contributed by atoms with Crippen molar-refractivity contribution in [3.05, 3.63) is 41.6 Å². The number of fused-ring (bicyclic) bond motifs is 1. The minimum Gasteiger partial charge on any atom is -0.381 e. The van der Waals surface area contributed by atoms with Crippen molar-refractivity contribution < 1.29 is 14.3 Å². The molecule has 3 aromatic rings. The first-order valence-electron chi connectivity index (χ1n) is 11.0. The zero-order valence-corrected chi connectivity index (χ0v) is 18.2. The highest BCUT2D eigenvalue weighted by molar-refractivity contribution is 6.05. The predicted octanol–water partition coefficient (Wildman–Crippen LogP) is 1.50. The molecule has 2 fully saturated rings. The number of benzene rings is 1. The molecule has 32 heavy (non-hydrogen) atoms. The Morgan fingerprint density at radius 3 is 2.75 bits per heavy atom. The third-order valence-electron chi connectivity index (χ3n) is 6.37. The van der Waals surface area contributed by atoms with E-state index in [0.29, 0.717) is 43.5 Å². The van der Waals surface area contributed by atoms with Gasteiger partial charge in [0.25, 0.3) is 5.91 Å². The van der Waals surface area contributed by atoms with E-state index >= 15 is 0 Å². The molecule has 168 valence electrons. The molecule has 10 nitrogen and oxygen atoms in total. The van der Waals surface area contributed by atoms with Gasteiger partial charge < -0.3 is 15.0 Å². The minimum atomic E-state index is -0.340. The normalized spacial score (nSPS) is 21.9. The van der Waals surface area contributed by atoms with Crippen LogP contribution in [0.15, 0.2) is 24.3 Å². The van der Waals surface area contributed by atoms with Crippen molar-refractivity contribution in [2.24, 2.45) is 13.0 Å². The first-order chi connectivity index (χ1) is 15.5. The number of hydrogen-bond donors (Lipinski definition) is 2. The van der Waals surface area contributed by atoms with Crippen LogP contribution >= 0.6 is 0 Å². The van der Waals surface area contributed by atoms with Gasteiger partial charge in [-0.15, -0.1) is 0 Å². The second kappa shape index (κ2) is 8.34. The van der Waals surface area contributed by atoms with Crippen LogP contribution in [0.25, 0.3) is 10.9 Å². The van der Waals surface area contributed by atoms with E-state index in [2.05, 4.69) is 25.6 Å². The smallest absolute Gasteiger partial charge is 0.275 e. The lowest BCUT2D eigenvalue weighted by atomic mass is 9.99. The summed E-state index contributed by atoms with van der Waals surface area (Å²) < 4.78 is 7.09. The van der Waals surface area contributed by atoms with Crippen LogP contribution in [0.5, 0.6) is 0 Å². The summed E-state index contributed by atoms with van der Waals surface area (Å²) in [7, 11) is 1.83. The summed E-state index contributed by atoms with van der Waals surface area (Å²) in [6.45, 7) is 3.43. The molecule has 0 radical (unpaired) electrons. The molecule has 2 atom stereocenters. The molecule has 0 aliphatic carbocycles. The fourth-order valence-corrected chi connectivity index (χ4v) is 4.71. The Balaban J connectivity index is 1.41. The molecule has 1 aromatic carbocycles. The number of ether oxygens (including phenoxy) is 1. The third-order valence-corrected chi connectivity index (χ3v) is 6.37. The molecule has 2 saturated heterocycles. The van der Waals surface area contributed by atoms with E-state index in [-0.39, 0.29) is 29.8 Å². The maximum Gasteiger partial charge on any atom is 0.275 e. The van der Waals surface area contributed by atoms with Gasteiger partial charge in [0.2, 0.25) is 5.91 Å². The summed E-state index contributed by atoms with van der Waals surface area (Å²) in [6.07, 6.45) is 2.01. The van der Waals surface area contributed by atoms with Crippen molar-refractivity contribution >= 4 is 22.7 Å². The first-order valence-corrected chi connectivity index (χ1v) is 11.0. The average Bonchev–Trinajstić information content (AvgIpc) is 3.51. The molecule has 0 bridgehead atoms. The van der Waals surface area contributed by atoms with E-state index in [9.17, 15) is 9.59 Å². The average molecular weight is 438 g/mol. The highest BCUT2D eigenvalue weighted by Crippen LogP contribution is 2.33. The van der Waals surface area contributed by atoms with Crippen LogP contribution in [0.1, 0.15) is 47.4 Å². The molecular weight excluding hydrogens is 410 g/mol. The number of likely N-dealkylation sites (tertiary alicyclic amines) is 1. The van der Waals surface area contributed by atoms with Crippen LogP contribution in [0, 0.1) is 12.8 Å². The Kier molecular flexibility index (Phi) is 5.38. The molecule has 10 heteroatoms. The van der Waals surface area contributed by atoms with Gasteiger partial charge in [0.15, 0.2) is 11.5 Å². The zero-order valence-electron chi connectivity index (χ0n) is 18.2. The molecule has 0 spiro atoms. The number of para-hydroxylation sites is 1. The van der Waals surface area contributed by atoms with Gasteiger partial charge in [-0.3, -0.25) is 19.4 Å². The van der Waals surface area contributed by atoms with Crippen molar-refractivity contribution in [3.8, 4) is 0 Å². The fourth-order valence-electron chi connectivity index (χ4n) is 4.71. The van der Waals surface area contributed by atoms with Crippen molar-refractivity contribution in [1.29, 1.82) is 0 Å². The van der Waals surface area contributed by atoms with Crippen molar-refractivity contribution in [3.63, 3.8) is 0 Å². The topological polar surface area (TPSA) is 118 Å². The van der Waals surface area contributed by atoms with Crippen LogP contribution in [0.2, 0.25) is 0 Å². The fraction of sp³-hybridized carbons (Fsp3) is 0.500. The standard InChI is InChI=1S/C22H27N7O3/c1-13-23-20(26-25-13)18-11-15(24-21(30)14-7-9-32-10-8-14)12-29(18)22(31)19-16-5-3-4-6-17(16)28(2)27-19/h3-6,14-15,18H,7-12H2,1-2H3,(H,24,30)(H,23,25,26)/t15-,18-/m0/s1. The number of nitrogens with one attached hydrogen (secondary N) is 2. The van der Waals surface area contributed by atoms with Crippen LogP contribution in [0.3, 0.4) is 0 Å². The summed E-state index contributed by atoms with van der Waals surface area (Å²) in [5.41, 5.74) is 1.29. The number of H-pyrrole nitrogens is 1. The van der Waals surface area contributed by atoms with Gasteiger partial charge in [-0.2, -0.15) is 10.2 Å². The van der Waals surface area contributed by atoms with E-state index in [1.165, 1.54) is 0 Å². The van der Waals surface area contributed by atoms with Gasteiger partial charge in [-0.05, 0) is 32.3 Å². The second-order valence-electron chi connectivity index (χ2n) is 8.57. The van der Waals surface area contributed by atoms with Crippen molar-refractivity contribution in [1.82, 2.24) is 35.2 Å². The van der Waals surface area contributed by atoms with E-state index < -0.39 is 0 Å². The summed E-state index contributed by atoms with van der Waals surface area (Å²) in [5, 5.41) is 15.6. The Morgan fingerprint density at radius 2 is 2.00 bits per heavy atom. The molecule has 4 heterocycles. The molecule has 5 rings (SSSR count). The Labute approximate surface area is 185 Å². The van der Waals surface area contributed by atoms with Crippen molar-refractivity contribution in [2.75, 3.05) is 19.8 Å². The molecule has 2 N–H and O–H groups in total. The first kappa shape index (κ1) is 20.6. The summed E-state index contributed by atoms with van der Waals surface area (Å²) in [5.74, 6) is 1.04. The van der Waals surface area contributed by atoms with Crippen LogP contribution in [0.4, 0.5) is 0 Å². The molecule has 2 aliphatic heterocycles. The number of carbonyl (C=O) groups is 2. The SMILES string of the molecule is Cc1nc([C@@H]2C[C@H](NC(=O)C3CCOCC3)CN2C(=O)c2nn(C)c3ccccc23)n[nH]1. The van der Waals surface area contributed by atoms with Crippen molar-refractivity contribution in [2.45, 2.75) is 38.3 Å². The summed E-state index contributed by atoms with van der Waals surface area (Å²) in [4.78, 5) is 32.7. The summed E-state index contributed by atoms with van der Waals surface area (Å²) in [6, 6.07) is 7.16. The summed E-state index contributed by atoms with van der Waals surface area (Å²) >= 11 is 0. The Morgan fingerprint density at radius 1 is 1.22 bits per heavy atom. The van der Waals surface area contributed by atoms with Gasteiger partial charge in [-0.25, -0.2) is 4.98 Å². The molecule has 0 unspecified atom stereocenters. The highest BCUT2D eigenvalue weighted by atomic mass is 16.5. The lowest BCUT2D eigenvalue weighted by Gasteiger charge is -2.23. The molecular formula is C22H27N7O3. The van der Waals surface area contributed by atoms with E-state index in [1.54, 1.807) is 9.58 Å².